The highest BCUT2D eigenvalue weighted by molar-refractivity contribution is 6.31. The first-order valence-electron chi connectivity index (χ1n) is 13.8. The molecule has 0 fully saturated rings. The molecule has 46 heavy (non-hydrogen) atoms. The number of hydrogen-bond acceptors (Lipinski definition) is 8. The number of aromatic carboxylic acids is 1. The van der Waals surface area contributed by atoms with Crippen molar-refractivity contribution < 1.29 is 33.4 Å². The lowest BCUT2D eigenvalue weighted by Gasteiger charge is -2.37. The summed E-state index contributed by atoms with van der Waals surface area (Å²) in [6.07, 6.45) is 3.93. The number of ether oxygens (including phenoxy) is 1. The van der Waals surface area contributed by atoms with Crippen molar-refractivity contribution in [2.75, 3.05) is 37.5 Å². The van der Waals surface area contributed by atoms with Gasteiger partial charge in [-0.15, -0.1) is 5.10 Å². The number of methoxy groups -OCH3 is 1. The van der Waals surface area contributed by atoms with E-state index in [-0.39, 0.29) is 40.9 Å². The molecule has 0 radical (unpaired) electrons. The van der Waals surface area contributed by atoms with Crippen LogP contribution in [0, 0.1) is 5.82 Å². The number of carboxylic acids is 1. The molecule has 3 aromatic carbocycles. The van der Waals surface area contributed by atoms with E-state index < -0.39 is 29.6 Å². The number of anilines is 2. The topological polar surface area (TPSA) is 160 Å². The minimum Gasteiger partial charge on any atom is -0.478 e. The maximum Gasteiger partial charge on any atom is 0.335 e. The lowest BCUT2D eigenvalue weighted by Crippen LogP contribution is -2.45. The molecule has 15 heteroatoms. The maximum atomic E-state index is 15.2. The van der Waals surface area contributed by atoms with E-state index in [9.17, 15) is 24.3 Å². The second-order valence-corrected chi connectivity index (χ2v) is 10.6. The monoisotopic (exact) mass is 647 g/mol. The lowest BCUT2D eigenvalue weighted by atomic mass is 9.90. The number of rotatable bonds is 9. The van der Waals surface area contributed by atoms with Gasteiger partial charge in [0.1, 0.15) is 19.0 Å². The predicted molar refractivity (Wildman–Crippen MR) is 165 cm³/mol. The average molecular weight is 648 g/mol. The Balaban J connectivity index is 1.53. The van der Waals surface area contributed by atoms with E-state index in [4.69, 9.17) is 16.3 Å². The molecular weight excluding hydrogens is 621 g/mol. The van der Waals surface area contributed by atoms with Crippen molar-refractivity contribution in [3.05, 3.63) is 100 Å². The molecule has 1 aliphatic rings. The van der Waals surface area contributed by atoms with Crippen molar-refractivity contribution in [2.45, 2.75) is 12.5 Å². The quantitative estimate of drug-likeness (QED) is 0.259. The van der Waals surface area contributed by atoms with Gasteiger partial charge in [-0.1, -0.05) is 23.7 Å². The molecule has 0 bridgehead atoms. The number of amides is 3. The molecule has 0 saturated heterocycles. The number of carbonyl (C=O) groups excluding carboxylic acids is 3. The summed E-state index contributed by atoms with van der Waals surface area (Å²) >= 11 is 6.03. The Bertz CT molecular complexity index is 1830. The molecule has 1 aromatic heterocycles. The van der Waals surface area contributed by atoms with Gasteiger partial charge in [0.2, 0.25) is 5.91 Å². The number of tetrazole rings is 1. The first-order chi connectivity index (χ1) is 22.1. The molecule has 1 atom stereocenters. The van der Waals surface area contributed by atoms with E-state index >= 15 is 4.39 Å². The Morgan fingerprint density at radius 1 is 1.15 bits per heavy atom. The number of carboxylic acid groups (broad SMARTS) is 1. The molecule has 3 amide bonds. The fourth-order valence-electron chi connectivity index (χ4n) is 5.18. The van der Waals surface area contributed by atoms with Crippen LogP contribution >= 0.6 is 11.6 Å². The first-order valence-corrected chi connectivity index (χ1v) is 14.2. The van der Waals surface area contributed by atoms with Crippen molar-refractivity contribution in [2.24, 2.45) is 0 Å². The number of benzene rings is 3. The second kappa shape index (κ2) is 13.7. The summed E-state index contributed by atoms with van der Waals surface area (Å²) in [6.45, 7) is -0.0774. The Labute approximate surface area is 266 Å². The second-order valence-electron chi connectivity index (χ2n) is 10.2. The third-order valence-corrected chi connectivity index (χ3v) is 7.72. The van der Waals surface area contributed by atoms with E-state index in [2.05, 4.69) is 20.8 Å². The van der Waals surface area contributed by atoms with Gasteiger partial charge >= 0.3 is 5.97 Å². The number of halogens is 2. The van der Waals surface area contributed by atoms with Gasteiger partial charge in [0.25, 0.3) is 11.8 Å². The zero-order valence-electron chi connectivity index (χ0n) is 24.6. The standard InChI is InChI=1S/C31H27ClFN7O6/c1-38(27(42)16-46-2)24-5-3-4-21-20(24)14-15-39(29(21)30(43)35-19-8-6-18(7-9-19)31(44)45)26(41)13-10-22-25(40-17-34-36-37-40)12-11-23(32)28(22)33/h3-13,17,29H,14-16H2,1-2H3,(H,35,43)(H,44,45). The van der Waals surface area contributed by atoms with Crippen molar-refractivity contribution in [3.63, 3.8) is 0 Å². The van der Waals surface area contributed by atoms with Crippen LogP contribution in [-0.2, 0) is 25.5 Å². The van der Waals surface area contributed by atoms with Gasteiger partial charge in [0.15, 0.2) is 5.82 Å². The zero-order chi connectivity index (χ0) is 33.0. The van der Waals surface area contributed by atoms with Crippen LogP contribution in [0.5, 0.6) is 0 Å². The molecule has 4 aromatic rings. The Morgan fingerprint density at radius 3 is 2.59 bits per heavy atom. The van der Waals surface area contributed by atoms with Gasteiger partial charge in [0.05, 0.1) is 16.3 Å². The van der Waals surface area contributed by atoms with Gasteiger partial charge in [-0.05, 0) is 76.5 Å². The number of likely N-dealkylation sites (N-methyl/N-ethyl adjacent to an activating group) is 1. The van der Waals surface area contributed by atoms with Crippen molar-refractivity contribution >= 4 is 52.7 Å². The Morgan fingerprint density at radius 2 is 1.91 bits per heavy atom. The van der Waals surface area contributed by atoms with Crippen LogP contribution in [0.4, 0.5) is 15.8 Å². The predicted octanol–water partition coefficient (Wildman–Crippen LogP) is 3.54. The van der Waals surface area contributed by atoms with E-state index in [1.807, 2.05) is 0 Å². The number of nitrogens with one attached hydrogen (secondary N) is 1. The van der Waals surface area contributed by atoms with Crippen LogP contribution < -0.4 is 10.2 Å². The van der Waals surface area contributed by atoms with E-state index in [1.54, 1.807) is 25.2 Å². The molecule has 1 aliphatic heterocycles. The summed E-state index contributed by atoms with van der Waals surface area (Å²) in [5.74, 6) is -3.42. The van der Waals surface area contributed by atoms with Crippen LogP contribution in [0.2, 0.25) is 5.02 Å². The van der Waals surface area contributed by atoms with Crippen LogP contribution in [0.1, 0.15) is 33.1 Å². The Hall–Kier alpha value is -5.47. The van der Waals surface area contributed by atoms with Gasteiger partial charge in [-0.3, -0.25) is 14.4 Å². The third-order valence-electron chi connectivity index (χ3n) is 7.43. The van der Waals surface area contributed by atoms with Crippen molar-refractivity contribution in [1.82, 2.24) is 25.1 Å². The molecule has 236 valence electrons. The highest BCUT2D eigenvalue weighted by atomic mass is 35.5. The van der Waals surface area contributed by atoms with Crippen LogP contribution in [-0.4, -0.2) is 81.2 Å². The molecule has 0 spiro atoms. The van der Waals surface area contributed by atoms with E-state index in [0.29, 0.717) is 28.9 Å². The summed E-state index contributed by atoms with van der Waals surface area (Å²) < 4.78 is 21.4. The van der Waals surface area contributed by atoms with E-state index in [0.717, 1.165) is 6.08 Å². The number of hydrogen-bond donors (Lipinski definition) is 2. The molecule has 2 N–H and O–H groups in total. The molecule has 13 nitrogen and oxygen atoms in total. The molecule has 0 aliphatic carbocycles. The molecule has 5 rings (SSSR count). The minimum absolute atomic E-state index is 0.0330. The number of aromatic nitrogens is 4. The smallest absolute Gasteiger partial charge is 0.335 e. The highest BCUT2D eigenvalue weighted by Crippen LogP contribution is 2.37. The van der Waals surface area contributed by atoms with E-state index in [1.165, 1.54) is 70.4 Å². The molecular formula is C31H27ClFN7O6. The summed E-state index contributed by atoms with van der Waals surface area (Å²) in [5.41, 5.74) is 2.23. The van der Waals surface area contributed by atoms with Crippen LogP contribution in [0.25, 0.3) is 11.8 Å². The summed E-state index contributed by atoms with van der Waals surface area (Å²) in [6, 6.07) is 12.3. The fourth-order valence-corrected chi connectivity index (χ4v) is 5.35. The van der Waals surface area contributed by atoms with Crippen LogP contribution in [0.15, 0.2) is 67.0 Å². The van der Waals surface area contributed by atoms with Gasteiger partial charge in [0, 0.05) is 43.7 Å². The summed E-state index contributed by atoms with van der Waals surface area (Å²) in [4.78, 5) is 54.4. The van der Waals surface area contributed by atoms with Gasteiger partial charge < -0.3 is 25.0 Å². The highest BCUT2D eigenvalue weighted by Gasteiger charge is 2.37. The summed E-state index contributed by atoms with van der Waals surface area (Å²) in [5, 5.41) is 22.7. The minimum atomic E-state index is -1.17. The Kier molecular flexibility index (Phi) is 9.49. The van der Waals surface area contributed by atoms with Crippen LogP contribution in [0.3, 0.4) is 0 Å². The third kappa shape index (κ3) is 6.48. The normalized spacial score (nSPS) is 14.2. The average Bonchev–Trinajstić information content (AvgIpc) is 3.59. The lowest BCUT2D eigenvalue weighted by molar-refractivity contribution is -0.135. The molecule has 0 saturated carbocycles. The molecule has 2 heterocycles. The first kappa shape index (κ1) is 31.9. The largest absolute Gasteiger partial charge is 0.478 e. The molecule has 1 unspecified atom stereocenters. The summed E-state index contributed by atoms with van der Waals surface area (Å²) in [7, 11) is 3.01. The van der Waals surface area contributed by atoms with Gasteiger partial charge in [-0.2, -0.15) is 4.68 Å². The number of carbonyl (C=O) groups is 4. The number of nitrogens with zero attached hydrogens (tertiary/aromatic N) is 6. The zero-order valence-corrected chi connectivity index (χ0v) is 25.3. The van der Waals surface area contributed by atoms with Crippen molar-refractivity contribution in [3.8, 4) is 5.69 Å². The number of fused-ring (bicyclic) bond motifs is 1. The van der Waals surface area contributed by atoms with Gasteiger partial charge in [-0.25, -0.2) is 9.18 Å². The maximum absolute atomic E-state index is 15.2. The fraction of sp³-hybridized carbons (Fsp3) is 0.194. The van der Waals surface area contributed by atoms with Crippen molar-refractivity contribution in [1.29, 1.82) is 0 Å². The SMILES string of the molecule is COCC(=O)N(C)c1cccc2c1CCN(C(=O)C=Cc1c(-n3cnnn3)ccc(Cl)c1F)C2C(=O)Nc1ccc(C(=O)O)cc1.